The van der Waals surface area contributed by atoms with Gasteiger partial charge in [0.25, 0.3) is 0 Å². The van der Waals surface area contributed by atoms with Crippen molar-refractivity contribution in [3.8, 4) is 45.6 Å². The maximum atomic E-state index is 6.12. The molecule has 0 spiro atoms. The Hall–Kier alpha value is -4.58. The molecule has 0 aliphatic heterocycles. The molecule has 0 amide bonds. The molecule has 5 aromatic rings. The van der Waals surface area contributed by atoms with Gasteiger partial charge in [-0.25, -0.2) is 9.97 Å². The van der Waals surface area contributed by atoms with Gasteiger partial charge in [-0.15, -0.1) is 0 Å². The number of benzene rings is 4. The Bertz CT molecular complexity index is 1500. The van der Waals surface area contributed by atoms with Crippen LogP contribution in [0.25, 0.3) is 33.5 Å². The topological polar surface area (TPSA) is 62.7 Å². The molecule has 1 aromatic heterocycles. The molecule has 0 radical (unpaired) electrons. The maximum Gasteiger partial charge on any atom is 0.162 e. The van der Waals surface area contributed by atoms with E-state index in [-0.39, 0.29) is 0 Å². The summed E-state index contributed by atoms with van der Waals surface area (Å²) in [7, 11) is 4.88. The fourth-order valence-corrected chi connectivity index (χ4v) is 4.07. The van der Waals surface area contributed by atoms with E-state index in [1.54, 1.807) is 21.3 Å². The number of aromatic nitrogens is 2. The molecule has 0 unspecified atom stereocenters. The molecule has 0 aliphatic rings. The van der Waals surface area contributed by atoms with Crippen molar-refractivity contribution >= 4 is 10.9 Å². The summed E-state index contributed by atoms with van der Waals surface area (Å²) in [6, 6.07) is 29.5. The van der Waals surface area contributed by atoms with E-state index in [4.69, 9.17) is 28.9 Å². The molecule has 6 nitrogen and oxygen atoms in total. The highest BCUT2D eigenvalue weighted by molar-refractivity contribution is 5.94. The van der Waals surface area contributed by atoms with Crippen molar-refractivity contribution in [2.75, 3.05) is 21.3 Å². The van der Waals surface area contributed by atoms with Gasteiger partial charge in [0.05, 0.1) is 32.5 Å². The molecule has 0 fully saturated rings. The van der Waals surface area contributed by atoms with E-state index in [9.17, 15) is 0 Å². The van der Waals surface area contributed by atoms with Crippen molar-refractivity contribution in [2.24, 2.45) is 0 Å². The van der Waals surface area contributed by atoms with Crippen LogP contribution in [-0.4, -0.2) is 31.3 Å². The molecule has 1 heterocycles. The summed E-state index contributed by atoms with van der Waals surface area (Å²) in [5.41, 5.74) is 4.45. The molecular weight excluding hydrogens is 452 g/mol. The van der Waals surface area contributed by atoms with Crippen LogP contribution in [0.4, 0.5) is 0 Å². The van der Waals surface area contributed by atoms with Crippen LogP contribution in [0.15, 0.2) is 91.0 Å². The summed E-state index contributed by atoms with van der Waals surface area (Å²) in [5, 5.41) is 0.947. The van der Waals surface area contributed by atoms with E-state index in [1.165, 1.54) is 0 Å². The Morgan fingerprint density at radius 2 is 1.22 bits per heavy atom. The van der Waals surface area contributed by atoms with Crippen LogP contribution in [0, 0.1) is 0 Å². The van der Waals surface area contributed by atoms with Crippen LogP contribution >= 0.6 is 0 Å². The van der Waals surface area contributed by atoms with Crippen LogP contribution in [0.5, 0.6) is 23.0 Å². The highest BCUT2D eigenvalue weighted by atomic mass is 16.5. The lowest BCUT2D eigenvalue weighted by molar-refractivity contribution is 0.284. The fourth-order valence-electron chi connectivity index (χ4n) is 4.07. The zero-order valence-electron chi connectivity index (χ0n) is 20.4. The van der Waals surface area contributed by atoms with E-state index in [2.05, 4.69) is 0 Å². The summed E-state index contributed by atoms with van der Waals surface area (Å²) in [6.07, 6.45) is 0. The molecule has 36 heavy (non-hydrogen) atoms. The second-order valence-electron chi connectivity index (χ2n) is 8.12. The Kier molecular flexibility index (Phi) is 6.67. The molecular formula is C30H26N2O4. The summed E-state index contributed by atoms with van der Waals surface area (Å²) in [4.78, 5) is 9.84. The fraction of sp³-hybridized carbons (Fsp3) is 0.133. The van der Waals surface area contributed by atoms with E-state index in [0.717, 1.165) is 33.3 Å². The highest BCUT2D eigenvalue weighted by Gasteiger charge is 2.15. The van der Waals surface area contributed by atoms with Crippen LogP contribution in [0.3, 0.4) is 0 Å². The zero-order valence-corrected chi connectivity index (χ0v) is 20.4. The Labute approximate surface area is 210 Å². The number of hydrogen-bond donors (Lipinski definition) is 0. The molecule has 0 N–H and O–H groups in total. The number of ether oxygens (including phenoxy) is 4. The number of nitrogens with zero attached hydrogens (tertiary/aromatic N) is 2. The summed E-state index contributed by atoms with van der Waals surface area (Å²) in [6.45, 7) is 0.427. The first-order valence-corrected chi connectivity index (χ1v) is 11.5. The van der Waals surface area contributed by atoms with Gasteiger partial charge in [0.1, 0.15) is 6.61 Å². The van der Waals surface area contributed by atoms with Gasteiger partial charge < -0.3 is 18.9 Å². The Morgan fingerprint density at radius 3 is 1.97 bits per heavy atom. The van der Waals surface area contributed by atoms with Crippen LogP contribution in [-0.2, 0) is 6.61 Å². The van der Waals surface area contributed by atoms with Crippen molar-refractivity contribution in [1.82, 2.24) is 9.97 Å². The first kappa shape index (κ1) is 23.2. The van der Waals surface area contributed by atoms with Gasteiger partial charge in [-0.1, -0.05) is 48.5 Å². The lowest BCUT2D eigenvalue weighted by Gasteiger charge is -2.14. The third kappa shape index (κ3) is 4.66. The van der Waals surface area contributed by atoms with Gasteiger partial charge >= 0.3 is 0 Å². The van der Waals surface area contributed by atoms with E-state index in [1.807, 2.05) is 91.0 Å². The Morgan fingerprint density at radius 1 is 0.583 bits per heavy atom. The second kappa shape index (κ2) is 10.4. The molecule has 5 rings (SSSR count). The predicted octanol–water partition coefficient (Wildman–Crippen LogP) is 6.57. The highest BCUT2D eigenvalue weighted by Crippen LogP contribution is 2.37. The van der Waals surface area contributed by atoms with Gasteiger partial charge in [0, 0.05) is 16.5 Å². The molecule has 0 saturated carbocycles. The third-order valence-corrected chi connectivity index (χ3v) is 5.92. The number of fused-ring (bicyclic) bond motifs is 1. The average molecular weight is 479 g/mol. The minimum atomic E-state index is 0.427. The second-order valence-corrected chi connectivity index (χ2v) is 8.12. The summed E-state index contributed by atoms with van der Waals surface area (Å²) < 4.78 is 22.6. The Balaban J connectivity index is 1.59. The van der Waals surface area contributed by atoms with Crippen molar-refractivity contribution in [2.45, 2.75) is 6.61 Å². The van der Waals surface area contributed by atoms with Crippen molar-refractivity contribution in [3.63, 3.8) is 0 Å². The summed E-state index contributed by atoms with van der Waals surface area (Å²) in [5.74, 6) is 3.17. The van der Waals surface area contributed by atoms with Gasteiger partial charge in [0.2, 0.25) is 0 Å². The van der Waals surface area contributed by atoms with Gasteiger partial charge in [0.15, 0.2) is 28.8 Å². The van der Waals surface area contributed by atoms with Crippen LogP contribution in [0.1, 0.15) is 5.56 Å². The molecule has 0 saturated heterocycles. The molecule has 4 aromatic carbocycles. The predicted molar refractivity (Wildman–Crippen MR) is 141 cm³/mol. The number of methoxy groups -OCH3 is 3. The van der Waals surface area contributed by atoms with Gasteiger partial charge in [-0.05, 0) is 48.0 Å². The molecule has 0 atom stereocenters. The summed E-state index contributed by atoms with van der Waals surface area (Å²) >= 11 is 0. The smallest absolute Gasteiger partial charge is 0.162 e. The number of para-hydroxylation sites is 1. The van der Waals surface area contributed by atoms with E-state index < -0.39 is 0 Å². The third-order valence-electron chi connectivity index (χ3n) is 5.92. The largest absolute Gasteiger partial charge is 0.493 e. The molecule has 180 valence electrons. The minimum Gasteiger partial charge on any atom is -0.493 e. The van der Waals surface area contributed by atoms with Crippen LogP contribution in [0.2, 0.25) is 0 Å². The number of rotatable bonds is 8. The van der Waals surface area contributed by atoms with E-state index in [0.29, 0.717) is 35.4 Å². The molecule has 6 heteroatoms. The first-order chi connectivity index (χ1) is 17.7. The van der Waals surface area contributed by atoms with Crippen molar-refractivity contribution in [3.05, 3.63) is 96.6 Å². The van der Waals surface area contributed by atoms with E-state index >= 15 is 0 Å². The maximum absolute atomic E-state index is 6.12. The standard InChI is InChI=1S/C30H26N2O4/c1-33-25-15-13-21(17-27(25)35-3)29-23-11-7-8-12-24(23)31-30(32-29)22-14-16-26(34-2)28(18-22)36-19-20-9-5-4-6-10-20/h4-18H,19H2,1-3H3. The van der Waals surface area contributed by atoms with Crippen LogP contribution < -0.4 is 18.9 Å². The monoisotopic (exact) mass is 478 g/mol. The molecule has 0 bridgehead atoms. The van der Waals surface area contributed by atoms with Crippen molar-refractivity contribution in [1.29, 1.82) is 0 Å². The quantitative estimate of drug-likeness (QED) is 0.251. The lowest BCUT2D eigenvalue weighted by Crippen LogP contribution is -1.99. The number of hydrogen-bond acceptors (Lipinski definition) is 6. The van der Waals surface area contributed by atoms with Crippen molar-refractivity contribution < 1.29 is 18.9 Å². The SMILES string of the molecule is COc1ccc(-c2nc(-c3ccc(OC)c(OCc4ccccc4)c3)nc3ccccc23)cc1OC. The van der Waals surface area contributed by atoms with Gasteiger partial charge in [-0.3, -0.25) is 0 Å². The normalized spacial score (nSPS) is 10.8. The lowest BCUT2D eigenvalue weighted by atomic mass is 10.0. The minimum absolute atomic E-state index is 0.427. The zero-order chi connectivity index (χ0) is 24.9. The molecule has 0 aliphatic carbocycles. The first-order valence-electron chi connectivity index (χ1n) is 11.5. The van der Waals surface area contributed by atoms with Gasteiger partial charge in [-0.2, -0.15) is 0 Å². The average Bonchev–Trinajstić information content (AvgIpc) is 2.95.